The maximum atomic E-state index is 11.8. The molecule has 0 radical (unpaired) electrons. The fourth-order valence-electron chi connectivity index (χ4n) is 1.59. The number of methoxy groups -OCH3 is 1. The topological polar surface area (TPSA) is 70.7 Å². The lowest BCUT2D eigenvalue weighted by atomic mass is 10.1. The summed E-state index contributed by atoms with van der Waals surface area (Å²) in [6, 6.07) is 0.00347. The van der Waals surface area contributed by atoms with E-state index in [0.29, 0.717) is 19.7 Å². The van der Waals surface area contributed by atoms with E-state index in [1.54, 1.807) is 14.2 Å². The van der Waals surface area contributed by atoms with Crippen molar-refractivity contribution in [3.8, 4) is 0 Å². The van der Waals surface area contributed by atoms with Gasteiger partial charge in [-0.3, -0.25) is 0 Å². The lowest BCUT2D eigenvalue weighted by molar-refractivity contribution is 0.184. The molecule has 0 amide bonds. The van der Waals surface area contributed by atoms with Crippen LogP contribution in [0.25, 0.3) is 0 Å². The van der Waals surface area contributed by atoms with Gasteiger partial charge >= 0.3 is 0 Å². The molecule has 6 nitrogen and oxygen atoms in total. The lowest BCUT2D eigenvalue weighted by Gasteiger charge is -2.26. The van der Waals surface area contributed by atoms with Crippen LogP contribution >= 0.6 is 0 Å². The van der Waals surface area contributed by atoms with E-state index in [9.17, 15) is 8.42 Å². The lowest BCUT2D eigenvalue weighted by Crippen LogP contribution is -2.50. The smallest absolute Gasteiger partial charge is 0.279 e. The number of nitrogens with zero attached hydrogens (tertiary/aromatic N) is 1. The Balaban J connectivity index is 2.42. The van der Waals surface area contributed by atoms with Crippen LogP contribution in [0.2, 0.25) is 0 Å². The molecule has 1 atom stereocenters. The molecule has 1 fully saturated rings. The molecular weight excluding hydrogens is 230 g/mol. The van der Waals surface area contributed by atoms with Crippen LogP contribution < -0.4 is 10.0 Å². The Kier molecular flexibility index (Phi) is 5.63. The van der Waals surface area contributed by atoms with Crippen LogP contribution in [0.1, 0.15) is 12.8 Å². The summed E-state index contributed by atoms with van der Waals surface area (Å²) in [7, 11) is -0.261. The predicted octanol–water partition coefficient (Wildman–Crippen LogP) is -0.849. The molecule has 96 valence electrons. The number of ether oxygens (including phenoxy) is 1. The van der Waals surface area contributed by atoms with Gasteiger partial charge in [0.15, 0.2) is 0 Å². The van der Waals surface area contributed by atoms with Gasteiger partial charge in [-0.05, 0) is 19.4 Å². The van der Waals surface area contributed by atoms with Crippen molar-refractivity contribution in [3.05, 3.63) is 0 Å². The fraction of sp³-hybridized carbons (Fsp3) is 1.00. The maximum absolute atomic E-state index is 11.8. The zero-order chi connectivity index (χ0) is 12.0. The monoisotopic (exact) mass is 251 g/mol. The van der Waals surface area contributed by atoms with Crippen LogP contribution in [0.15, 0.2) is 0 Å². The van der Waals surface area contributed by atoms with Crippen molar-refractivity contribution in [2.24, 2.45) is 0 Å². The molecule has 1 aliphatic heterocycles. The Hall–Kier alpha value is -0.210. The Morgan fingerprint density at radius 1 is 1.56 bits per heavy atom. The molecule has 0 saturated carbocycles. The van der Waals surface area contributed by atoms with Crippen LogP contribution in [-0.4, -0.2) is 59.2 Å². The van der Waals surface area contributed by atoms with Crippen LogP contribution in [0.5, 0.6) is 0 Å². The normalized spacial score (nSPS) is 22.6. The van der Waals surface area contributed by atoms with Crippen LogP contribution in [0.4, 0.5) is 0 Å². The number of nitrogens with one attached hydrogen (secondary N) is 2. The number of hydrogen-bond acceptors (Lipinski definition) is 4. The first-order chi connectivity index (χ1) is 7.56. The minimum Gasteiger partial charge on any atom is -0.383 e. The SMILES string of the molecule is COCCN(C)S(=O)(=O)NC1CCCNC1. The summed E-state index contributed by atoms with van der Waals surface area (Å²) in [5.41, 5.74) is 0. The van der Waals surface area contributed by atoms with Crippen LogP contribution in [0.3, 0.4) is 0 Å². The van der Waals surface area contributed by atoms with Gasteiger partial charge in [-0.25, -0.2) is 0 Å². The third-order valence-electron chi connectivity index (χ3n) is 2.63. The van der Waals surface area contributed by atoms with E-state index in [4.69, 9.17) is 4.74 Å². The average molecular weight is 251 g/mol. The molecule has 1 unspecified atom stereocenters. The zero-order valence-electron chi connectivity index (χ0n) is 9.90. The number of hydrogen-bond donors (Lipinski definition) is 2. The van der Waals surface area contributed by atoms with Gasteiger partial charge in [-0.1, -0.05) is 0 Å². The first-order valence-electron chi connectivity index (χ1n) is 5.49. The molecule has 1 aliphatic rings. The van der Waals surface area contributed by atoms with Gasteiger partial charge in [0.1, 0.15) is 0 Å². The van der Waals surface area contributed by atoms with E-state index in [1.165, 1.54) is 4.31 Å². The highest BCUT2D eigenvalue weighted by Gasteiger charge is 2.23. The second kappa shape index (κ2) is 6.51. The van der Waals surface area contributed by atoms with Gasteiger partial charge in [0.2, 0.25) is 0 Å². The molecule has 0 aromatic carbocycles. The predicted molar refractivity (Wildman–Crippen MR) is 62.5 cm³/mol. The third kappa shape index (κ3) is 4.34. The van der Waals surface area contributed by atoms with E-state index >= 15 is 0 Å². The molecule has 7 heteroatoms. The molecule has 0 aromatic rings. The van der Waals surface area contributed by atoms with Crippen LogP contribution in [0, 0.1) is 0 Å². The van der Waals surface area contributed by atoms with Crippen LogP contribution in [-0.2, 0) is 14.9 Å². The first kappa shape index (κ1) is 13.9. The van der Waals surface area contributed by atoms with Crippen molar-refractivity contribution in [3.63, 3.8) is 0 Å². The van der Waals surface area contributed by atoms with Gasteiger partial charge in [-0.2, -0.15) is 17.4 Å². The Bertz CT molecular complexity index is 288. The Morgan fingerprint density at radius 2 is 2.31 bits per heavy atom. The molecule has 0 aromatic heterocycles. The van der Waals surface area contributed by atoms with Crippen molar-refractivity contribution in [1.82, 2.24) is 14.3 Å². The molecule has 0 bridgehead atoms. The number of likely N-dealkylation sites (N-methyl/N-ethyl adjacent to an activating group) is 1. The van der Waals surface area contributed by atoms with Gasteiger partial charge in [-0.15, -0.1) is 0 Å². The summed E-state index contributed by atoms with van der Waals surface area (Å²) in [5.74, 6) is 0. The van der Waals surface area contributed by atoms with Gasteiger partial charge < -0.3 is 10.1 Å². The maximum Gasteiger partial charge on any atom is 0.279 e. The summed E-state index contributed by atoms with van der Waals surface area (Å²) < 4.78 is 32.5. The third-order valence-corrected chi connectivity index (χ3v) is 4.27. The summed E-state index contributed by atoms with van der Waals surface area (Å²) >= 11 is 0. The van der Waals surface area contributed by atoms with Crippen molar-refractivity contribution < 1.29 is 13.2 Å². The highest BCUT2D eigenvalue weighted by atomic mass is 32.2. The number of piperidine rings is 1. The van der Waals surface area contributed by atoms with Crippen molar-refractivity contribution >= 4 is 10.2 Å². The van der Waals surface area contributed by atoms with Crippen molar-refractivity contribution in [2.75, 3.05) is 40.4 Å². The first-order valence-corrected chi connectivity index (χ1v) is 6.93. The molecule has 0 spiro atoms. The molecule has 0 aliphatic carbocycles. The van der Waals surface area contributed by atoms with Crippen molar-refractivity contribution in [1.29, 1.82) is 0 Å². The summed E-state index contributed by atoms with van der Waals surface area (Å²) in [5, 5.41) is 3.17. The minimum absolute atomic E-state index is 0.00347. The minimum atomic E-state index is -3.37. The standard InChI is InChI=1S/C9H21N3O3S/c1-12(6-7-15-2)16(13,14)11-9-4-3-5-10-8-9/h9-11H,3-8H2,1-2H3. The summed E-state index contributed by atoms with van der Waals surface area (Å²) in [4.78, 5) is 0. The van der Waals surface area contributed by atoms with Crippen molar-refractivity contribution in [2.45, 2.75) is 18.9 Å². The Morgan fingerprint density at radius 3 is 2.88 bits per heavy atom. The second-order valence-electron chi connectivity index (χ2n) is 3.98. The Labute approximate surface area is 97.5 Å². The summed E-state index contributed by atoms with van der Waals surface area (Å²) in [6.07, 6.45) is 1.90. The van der Waals surface area contributed by atoms with E-state index in [1.807, 2.05) is 0 Å². The highest BCUT2D eigenvalue weighted by molar-refractivity contribution is 7.87. The highest BCUT2D eigenvalue weighted by Crippen LogP contribution is 2.04. The second-order valence-corrected chi connectivity index (χ2v) is 5.79. The fourth-order valence-corrected chi connectivity index (χ4v) is 2.71. The molecule has 2 N–H and O–H groups in total. The summed E-state index contributed by atoms with van der Waals surface area (Å²) in [6.45, 7) is 2.45. The number of rotatable bonds is 6. The van der Waals surface area contributed by atoms with E-state index in [2.05, 4.69) is 10.0 Å². The van der Waals surface area contributed by atoms with E-state index in [-0.39, 0.29) is 6.04 Å². The average Bonchev–Trinajstić information content (AvgIpc) is 2.26. The molecule has 1 rings (SSSR count). The molecular formula is C9H21N3O3S. The zero-order valence-corrected chi connectivity index (χ0v) is 10.7. The van der Waals surface area contributed by atoms with E-state index < -0.39 is 10.2 Å². The molecule has 1 saturated heterocycles. The van der Waals surface area contributed by atoms with E-state index in [0.717, 1.165) is 19.4 Å². The van der Waals surface area contributed by atoms with Gasteiger partial charge in [0, 0.05) is 33.3 Å². The largest absolute Gasteiger partial charge is 0.383 e. The molecule has 16 heavy (non-hydrogen) atoms. The van der Waals surface area contributed by atoms with Gasteiger partial charge in [0.25, 0.3) is 10.2 Å². The van der Waals surface area contributed by atoms with Gasteiger partial charge in [0.05, 0.1) is 6.61 Å². The molecule has 1 heterocycles. The quantitative estimate of drug-likeness (QED) is 0.645.